The van der Waals surface area contributed by atoms with Crippen LogP contribution in [0.3, 0.4) is 0 Å². The van der Waals surface area contributed by atoms with Crippen LogP contribution in [0.2, 0.25) is 0 Å². The maximum atomic E-state index is 7.93. The lowest BCUT2D eigenvalue weighted by Crippen LogP contribution is -1.82. The Labute approximate surface area is 83.0 Å². The van der Waals surface area contributed by atoms with E-state index in [0.29, 0.717) is 0 Å². The fraction of sp³-hybridized carbons (Fsp3) is 0.500. The molecule has 0 aliphatic heterocycles. The van der Waals surface area contributed by atoms with Crippen LogP contribution in [0, 0.1) is 0 Å². The van der Waals surface area contributed by atoms with E-state index in [9.17, 15) is 0 Å². The summed E-state index contributed by atoms with van der Waals surface area (Å²) in [7, 11) is 0. The van der Waals surface area contributed by atoms with Gasteiger partial charge in [0.25, 0.3) is 0 Å². The Balaban J connectivity index is 0. The first kappa shape index (κ1) is 14.6. The van der Waals surface area contributed by atoms with Crippen molar-refractivity contribution >= 4 is 11.8 Å². The Morgan fingerprint density at radius 3 is 2.15 bits per heavy atom. The van der Waals surface area contributed by atoms with E-state index in [4.69, 9.17) is 10.6 Å². The predicted octanol–water partition coefficient (Wildman–Crippen LogP) is 2.38. The standard InChI is InChI=1S/C6H10S.C2H5N3O/c1-3-5-7-6-4-2;3-5-4-1-2-6/h3-4H,1-2,5-6H2;6H,1-2H2. The molecule has 0 fully saturated rings. The van der Waals surface area contributed by atoms with Gasteiger partial charge >= 0.3 is 0 Å². The molecule has 0 spiro atoms. The molecule has 0 aromatic carbocycles. The summed E-state index contributed by atoms with van der Waals surface area (Å²) in [5.74, 6) is 2.07. The number of hydrogen-bond acceptors (Lipinski definition) is 3. The highest BCUT2D eigenvalue weighted by atomic mass is 32.2. The third kappa shape index (κ3) is 24.7. The second-order valence-corrected chi connectivity index (χ2v) is 2.87. The number of hydrogen-bond donors (Lipinski definition) is 1. The lowest BCUT2D eigenvalue weighted by molar-refractivity contribution is 0.306. The van der Waals surface area contributed by atoms with Gasteiger partial charge in [0.05, 0.1) is 0 Å². The topological polar surface area (TPSA) is 69.0 Å². The molecule has 0 aliphatic carbocycles. The lowest BCUT2D eigenvalue weighted by atomic mass is 10.8. The van der Waals surface area contributed by atoms with Gasteiger partial charge in [-0.3, -0.25) is 0 Å². The summed E-state index contributed by atoms with van der Waals surface area (Å²) >= 11 is 1.82. The fourth-order valence-corrected chi connectivity index (χ4v) is 0.794. The average Bonchev–Trinajstić information content (AvgIpc) is 2.17. The molecule has 0 amide bonds. The van der Waals surface area contributed by atoms with Gasteiger partial charge in [-0.15, -0.1) is 13.2 Å². The van der Waals surface area contributed by atoms with Gasteiger partial charge in [0.1, 0.15) is 0 Å². The van der Waals surface area contributed by atoms with Crippen molar-refractivity contribution < 1.29 is 5.11 Å². The van der Waals surface area contributed by atoms with Crippen LogP contribution >= 0.6 is 11.8 Å². The van der Waals surface area contributed by atoms with Crippen LogP contribution in [0.5, 0.6) is 0 Å². The van der Waals surface area contributed by atoms with Crippen molar-refractivity contribution in [2.45, 2.75) is 0 Å². The zero-order valence-electron chi connectivity index (χ0n) is 7.59. The summed E-state index contributed by atoms with van der Waals surface area (Å²) in [6, 6.07) is 0. The number of azide groups is 1. The number of aliphatic hydroxyl groups is 1. The fourth-order valence-electron chi connectivity index (χ4n) is 0.324. The minimum Gasteiger partial charge on any atom is -0.396 e. The van der Waals surface area contributed by atoms with E-state index in [1.54, 1.807) is 0 Å². The van der Waals surface area contributed by atoms with Crippen LogP contribution in [0.25, 0.3) is 10.4 Å². The molecule has 13 heavy (non-hydrogen) atoms. The molecule has 4 nitrogen and oxygen atoms in total. The van der Waals surface area contributed by atoms with Crippen molar-refractivity contribution in [1.82, 2.24) is 0 Å². The first-order valence-corrected chi connectivity index (χ1v) is 4.90. The second-order valence-electron chi connectivity index (χ2n) is 1.79. The van der Waals surface area contributed by atoms with Crippen LogP contribution in [0.4, 0.5) is 0 Å². The largest absolute Gasteiger partial charge is 0.396 e. The molecule has 74 valence electrons. The van der Waals surface area contributed by atoms with Crippen LogP contribution < -0.4 is 0 Å². The third-order valence-electron chi connectivity index (χ3n) is 0.735. The molecule has 0 aromatic rings. The molecule has 0 atom stereocenters. The van der Waals surface area contributed by atoms with Crippen LogP contribution in [-0.2, 0) is 0 Å². The van der Waals surface area contributed by atoms with Crippen molar-refractivity contribution in [2.24, 2.45) is 5.11 Å². The van der Waals surface area contributed by atoms with Crippen molar-refractivity contribution in [3.8, 4) is 0 Å². The van der Waals surface area contributed by atoms with Crippen molar-refractivity contribution in [1.29, 1.82) is 0 Å². The van der Waals surface area contributed by atoms with E-state index in [1.807, 2.05) is 23.9 Å². The van der Waals surface area contributed by atoms with E-state index in [2.05, 4.69) is 23.2 Å². The predicted molar refractivity (Wildman–Crippen MR) is 58.8 cm³/mol. The number of nitrogens with zero attached hydrogens (tertiary/aromatic N) is 3. The van der Waals surface area contributed by atoms with Crippen molar-refractivity contribution in [2.75, 3.05) is 24.7 Å². The molecular formula is C8H15N3OS. The molecule has 0 saturated heterocycles. The van der Waals surface area contributed by atoms with Crippen LogP contribution in [0.1, 0.15) is 0 Å². The van der Waals surface area contributed by atoms with Gasteiger partial charge < -0.3 is 5.11 Å². The molecular weight excluding hydrogens is 186 g/mol. The first-order valence-electron chi connectivity index (χ1n) is 3.74. The number of aliphatic hydroxyl groups excluding tert-OH is 1. The van der Waals surface area contributed by atoms with E-state index < -0.39 is 0 Å². The molecule has 0 aliphatic rings. The summed E-state index contributed by atoms with van der Waals surface area (Å²) in [6.07, 6.45) is 3.79. The van der Waals surface area contributed by atoms with E-state index in [1.165, 1.54) is 0 Å². The Morgan fingerprint density at radius 1 is 1.38 bits per heavy atom. The lowest BCUT2D eigenvalue weighted by Gasteiger charge is -1.85. The highest BCUT2D eigenvalue weighted by Crippen LogP contribution is 1.97. The molecule has 0 bridgehead atoms. The smallest absolute Gasteiger partial charge is 0.0490 e. The molecule has 0 radical (unpaired) electrons. The van der Waals surface area contributed by atoms with Gasteiger partial charge in [-0.05, 0) is 5.53 Å². The molecule has 0 rings (SSSR count). The average molecular weight is 201 g/mol. The Kier molecular flexibility index (Phi) is 19.4. The maximum Gasteiger partial charge on any atom is 0.0490 e. The van der Waals surface area contributed by atoms with Crippen LogP contribution in [-0.4, -0.2) is 29.8 Å². The quantitative estimate of drug-likeness (QED) is 0.236. The molecule has 0 aromatic heterocycles. The summed E-state index contributed by atoms with van der Waals surface area (Å²) in [6.45, 7) is 7.27. The van der Waals surface area contributed by atoms with Crippen molar-refractivity contribution in [3.63, 3.8) is 0 Å². The second kappa shape index (κ2) is 17.3. The number of thioether (sulfide) groups is 1. The Bertz CT molecular complexity index is 159. The highest BCUT2D eigenvalue weighted by molar-refractivity contribution is 7.99. The Hall–Kier alpha value is -0.900. The van der Waals surface area contributed by atoms with E-state index >= 15 is 0 Å². The normalized spacial score (nSPS) is 7.46. The van der Waals surface area contributed by atoms with Gasteiger partial charge in [-0.2, -0.15) is 11.8 Å². The minimum absolute atomic E-state index is 0.0654. The van der Waals surface area contributed by atoms with Gasteiger partial charge in [-0.1, -0.05) is 17.3 Å². The zero-order valence-corrected chi connectivity index (χ0v) is 8.41. The maximum absolute atomic E-state index is 7.93. The van der Waals surface area contributed by atoms with E-state index in [0.717, 1.165) is 11.5 Å². The molecule has 0 unspecified atom stereocenters. The van der Waals surface area contributed by atoms with Gasteiger partial charge in [-0.25, -0.2) is 0 Å². The molecule has 0 heterocycles. The summed E-state index contributed by atoms with van der Waals surface area (Å²) in [5, 5.41) is 11.0. The van der Waals surface area contributed by atoms with Gasteiger partial charge in [0.2, 0.25) is 0 Å². The number of rotatable bonds is 6. The molecule has 1 N–H and O–H groups in total. The third-order valence-corrected chi connectivity index (χ3v) is 1.68. The highest BCUT2D eigenvalue weighted by Gasteiger charge is 1.73. The summed E-state index contributed by atoms with van der Waals surface area (Å²) in [5.41, 5.74) is 7.54. The van der Waals surface area contributed by atoms with Crippen molar-refractivity contribution in [3.05, 3.63) is 35.8 Å². The first-order chi connectivity index (χ1) is 6.33. The molecule has 0 saturated carbocycles. The summed E-state index contributed by atoms with van der Waals surface area (Å²) < 4.78 is 0. The van der Waals surface area contributed by atoms with Gasteiger partial charge in [0, 0.05) is 29.6 Å². The summed E-state index contributed by atoms with van der Waals surface area (Å²) in [4.78, 5) is 2.39. The van der Waals surface area contributed by atoms with Crippen LogP contribution in [0.15, 0.2) is 30.4 Å². The minimum atomic E-state index is -0.0654. The SMILES string of the molecule is C=CCSCC=C.[N-]=[N+]=NCCO. The molecule has 5 heteroatoms. The monoisotopic (exact) mass is 201 g/mol. The van der Waals surface area contributed by atoms with E-state index in [-0.39, 0.29) is 13.2 Å². The zero-order chi connectivity index (χ0) is 10.4. The van der Waals surface area contributed by atoms with Gasteiger partial charge in [0.15, 0.2) is 0 Å². The Morgan fingerprint density at radius 2 is 1.92 bits per heavy atom.